The summed E-state index contributed by atoms with van der Waals surface area (Å²) in [7, 11) is 0. The van der Waals surface area contributed by atoms with Crippen LogP contribution >= 0.6 is 0 Å². The van der Waals surface area contributed by atoms with E-state index < -0.39 is 11.9 Å². The van der Waals surface area contributed by atoms with Crippen LogP contribution in [0.2, 0.25) is 0 Å². The van der Waals surface area contributed by atoms with Gasteiger partial charge in [0.15, 0.2) is 0 Å². The average Bonchev–Trinajstić information content (AvgIpc) is 2.74. The highest BCUT2D eigenvalue weighted by molar-refractivity contribution is 5.67. The van der Waals surface area contributed by atoms with Gasteiger partial charge in [0.1, 0.15) is 0 Å². The van der Waals surface area contributed by atoms with E-state index in [4.69, 9.17) is 14.9 Å². The van der Waals surface area contributed by atoms with Crippen molar-refractivity contribution in [2.24, 2.45) is 0 Å². The predicted molar refractivity (Wildman–Crippen MR) is 59.9 cm³/mol. The maximum absolute atomic E-state index is 10.5. The van der Waals surface area contributed by atoms with Crippen LogP contribution in [0.5, 0.6) is 0 Å². The molecule has 2 N–H and O–H groups in total. The van der Waals surface area contributed by atoms with Crippen molar-refractivity contribution in [3.8, 4) is 0 Å². The van der Waals surface area contributed by atoms with Crippen molar-refractivity contribution in [1.29, 1.82) is 0 Å². The molecular formula is C11H19NO5. The van der Waals surface area contributed by atoms with E-state index >= 15 is 0 Å². The summed E-state index contributed by atoms with van der Waals surface area (Å²) in [5, 5.41) is 17.3. The lowest BCUT2D eigenvalue weighted by Gasteiger charge is -2.23. The molecular weight excluding hydrogens is 226 g/mol. The first-order chi connectivity index (χ1) is 8.08. The fourth-order valence-electron chi connectivity index (χ4n) is 1.88. The van der Waals surface area contributed by atoms with Crippen molar-refractivity contribution >= 4 is 11.9 Å². The Morgan fingerprint density at radius 1 is 1.18 bits per heavy atom. The minimum atomic E-state index is -0.863. The summed E-state index contributed by atoms with van der Waals surface area (Å²) in [6, 6.07) is 0. The van der Waals surface area contributed by atoms with Gasteiger partial charge in [0.2, 0.25) is 0 Å². The molecule has 1 heterocycles. The van der Waals surface area contributed by atoms with Gasteiger partial charge in [0.25, 0.3) is 0 Å². The van der Waals surface area contributed by atoms with Crippen LogP contribution in [0.3, 0.4) is 0 Å². The number of ether oxygens (including phenoxy) is 1. The van der Waals surface area contributed by atoms with Gasteiger partial charge in [0.05, 0.1) is 18.9 Å². The van der Waals surface area contributed by atoms with Gasteiger partial charge in [-0.05, 0) is 12.8 Å². The molecule has 1 atom stereocenters. The number of hydrogen-bond acceptors (Lipinski definition) is 4. The van der Waals surface area contributed by atoms with Gasteiger partial charge in [0, 0.05) is 26.2 Å². The maximum atomic E-state index is 10.5. The van der Waals surface area contributed by atoms with E-state index in [0.29, 0.717) is 19.6 Å². The zero-order valence-electron chi connectivity index (χ0n) is 9.80. The summed E-state index contributed by atoms with van der Waals surface area (Å²) in [6.07, 6.45) is 2.18. The fourth-order valence-corrected chi connectivity index (χ4v) is 1.88. The SMILES string of the molecule is O=C(O)CCN(CCC(=O)O)CC1CCCO1. The summed E-state index contributed by atoms with van der Waals surface area (Å²) in [5.74, 6) is -1.73. The third-order valence-corrected chi connectivity index (χ3v) is 2.77. The Balaban J connectivity index is 2.33. The zero-order valence-corrected chi connectivity index (χ0v) is 9.80. The molecule has 0 saturated carbocycles. The van der Waals surface area contributed by atoms with E-state index in [-0.39, 0.29) is 18.9 Å². The highest BCUT2D eigenvalue weighted by Gasteiger charge is 2.20. The van der Waals surface area contributed by atoms with Crippen molar-refractivity contribution in [2.45, 2.75) is 31.8 Å². The third-order valence-electron chi connectivity index (χ3n) is 2.77. The van der Waals surface area contributed by atoms with Crippen LogP contribution < -0.4 is 0 Å². The van der Waals surface area contributed by atoms with E-state index in [2.05, 4.69) is 0 Å². The second kappa shape index (κ2) is 7.24. The van der Waals surface area contributed by atoms with Gasteiger partial charge in [-0.15, -0.1) is 0 Å². The normalized spacial score (nSPS) is 19.7. The first-order valence-corrected chi connectivity index (χ1v) is 5.85. The Morgan fingerprint density at radius 3 is 2.18 bits per heavy atom. The molecule has 17 heavy (non-hydrogen) atoms. The lowest BCUT2D eigenvalue weighted by atomic mass is 10.2. The summed E-state index contributed by atoms with van der Waals surface area (Å²) in [5.41, 5.74) is 0. The summed E-state index contributed by atoms with van der Waals surface area (Å²) < 4.78 is 5.46. The van der Waals surface area contributed by atoms with Gasteiger partial charge < -0.3 is 14.9 Å². The Kier molecular flexibility index (Phi) is 5.93. The lowest BCUT2D eigenvalue weighted by Crippen LogP contribution is -2.35. The number of rotatable bonds is 8. The number of aliphatic carboxylic acids is 2. The van der Waals surface area contributed by atoms with Crippen LogP contribution in [-0.2, 0) is 14.3 Å². The highest BCUT2D eigenvalue weighted by Crippen LogP contribution is 2.13. The van der Waals surface area contributed by atoms with E-state index in [9.17, 15) is 9.59 Å². The van der Waals surface area contributed by atoms with E-state index in [1.807, 2.05) is 4.90 Å². The molecule has 0 amide bonds. The molecule has 98 valence electrons. The Hall–Kier alpha value is -1.14. The molecule has 1 fully saturated rings. The standard InChI is InChI=1S/C11H19NO5/c13-10(14)3-5-12(6-4-11(15)16)8-9-2-1-7-17-9/h9H,1-8H2,(H,13,14)(H,15,16). The molecule has 1 rings (SSSR count). The molecule has 0 radical (unpaired) electrons. The quantitative estimate of drug-likeness (QED) is 0.644. The van der Waals surface area contributed by atoms with Crippen LogP contribution in [0, 0.1) is 0 Å². The molecule has 0 aromatic rings. The molecule has 6 nitrogen and oxygen atoms in total. The molecule has 1 unspecified atom stereocenters. The van der Waals surface area contributed by atoms with Gasteiger partial charge in [-0.1, -0.05) is 0 Å². The average molecular weight is 245 g/mol. The molecule has 0 spiro atoms. The zero-order chi connectivity index (χ0) is 12.7. The van der Waals surface area contributed by atoms with Crippen LogP contribution in [0.1, 0.15) is 25.7 Å². The van der Waals surface area contributed by atoms with Crippen molar-refractivity contribution in [2.75, 3.05) is 26.2 Å². The molecule has 0 aliphatic carbocycles. The first kappa shape index (κ1) is 13.9. The second-order valence-electron chi connectivity index (χ2n) is 4.22. The van der Waals surface area contributed by atoms with Crippen molar-refractivity contribution in [3.05, 3.63) is 0 Å². The van der Waals surface area contributed by atoms with Crippen LogP contribution in [0.4, 0.5) is 0 Å². The third kappa shape index (κ3) is 6.23. The number of carboxylic acid groups (broad SMARTS) is 2. The monoisotopic (exact) mass is 245 g/mol. The van der Waals surface area contributed by atoms with Crippen molar-refractivity contribution in [3.63, 3.8) is 0 Å². The molecule has 1 saturated heterocycles. The number of nitrogens with zero attached hydrogens (tertiary/aromatic N) is 1. The number of carboxylic acids is 2. The van der Waals surface area contributed by atoms with E-state index in [1.165, 1.54) is 0 Å². The highest BCUT2D eigenvalue weighted by atomic mass is 16.5. The Labute approximate surface area is 100 Å². The smallest absolute Gasteiger partial charge is 0.304 e. The van der Waals surface area contributed by atoms with Gasteiger partial charge in [-0.2, -0.15) is 0 Å². The largest absolute Gasteiger partial charge is 0.481 e. The minimum Gasteiger partial charge on any atom is -0.481 e. The summed E-state index contributed by atoms with van der Waals surface area (Å²) in [4.78, 5) is 22.9. The van der Waals surface area contributed by atoms with E-state index in [0.717, 1.165) is 19.4 Å². The maximum Gasteiger partial charge on any atom is 0.304 e. The molecule has 0 aromatic carbocycles. The predicted octanol–water partition coefficient (Wildman–Crippen LogP) is 0.417. The van der Waals surface area contributed by atoms with Gasteiger partial charge in [-0.25, -0.2) is 0 Å². The summed E-state index contributed by atoms with van der Waals surface area (Å²) >= 11 is 0. The first-order valence-electron chi connectivity index (χ1n) is 5.85. The van der Waals surface area contributed by atoms with Gasteiger partial charge >= 0.3 is 11.9 Å². The summed E-state index contributed by atoms with van der Waals surface area (Å²) in [6.45, 7) is 2.13. The van der Waals surface area contributed by atoms with Crippen molar-refractivity contribution < 1.29 is 24.5 Å². The van der Waals surface area contributed by atoms with Crippen LogP contribution in [-0.4, -0.2) is 59.4 Å². The molecule has 1 aliphatic heterocycles. The van der Waals surface area contributed by atoms with Gasteiger partial charge in [-0.3, -0.25) is 14.5 Å². The number of carbonyl (C=O) groups is 2. The molecule has 0 bridgehead atoms. The van der Waals surface area contributed by atoms with Crippen molar-refractivity contribution in [1.82, 2.24) is 4.90 Å². The lowest BCUT2D eigenvalue weighted by molar-refractivity contribution is -0.137. The Bertz CT molecular complexity index is 245. The second-order valence-corrected chi connectivity index (χ2v) is 4.22. The molecule has 1 aliphatic rings. The fraction of sp³-hybridized carbons (Fsp3) is 0.818. The van der Waals surface area contributed by atoms with Crippen LogP contribution in [0.15, 0.2) is 0 Å². The minimum absolute atomic E-state index is 0.0341. The topological polar surface area (TPSA) is 87.1 Å². The Morgan fingerprint density at radius 2 is 1.76 bits per heavy atom. The number of hydrogen-bond donors (Lipinski definition) is 2. The van der Waals surface area contributed by atoms with Crippen LogP contribution in [0.25, 0.3) is 0 Å². The molecule has 0 aromatic heterocycles. The molecule has 6 heteroatoms. The van der Waals surface area contributed by atoms with E-state index in [1.54, 1.807) is 0 Å².